The molecule has 0 spiro atoms. The molecule has 0 saturated heterocycles. The number of allylic oxidation sites excluding steroid dienone is 3. The molecular weight excluding hydrogens is 584 g/mol. The van der Waals surface area contributed by atoms with Gasteiger partial charge in [0.25, 0.3) is 15.9 Å². The average molecular weight is 617 g/mol. The fraction of sp³-hybridized carbons (Fsp3) is 0.147. The van der Waals surface area contributed by atoms with Gasteiger partial charge in [-0.25, -0.2) is 13.1 Å². The molecule has 4 rings (SSSR count). The van der Waals surface area contributed by atoms with Crippen LogP contribution in [0.4, 0.5) is 0 Å². The van der Waals surface area contributed by atoms with Crippen molar-refractivity contribution in [2.45, 2.75) is 23.3 Å². The summed E-state index contributed by atoms with van der Waals surface area (Å²) < 4.78 is 28.4. The number of amides is 1. The molecule has 1 N–H and O–H groups in total. The van der Waals surface area contributed by atoms with E-state index in [2.05, 4.69) is 28.3 Å². The average Bonchev–Trinajstić information content (AvgIpc) is 3.00. The van der Waals surface area contributed by atoms with Gasteiger partial charge in [-0.2, -0.15) is 0 Å². The van der Waals surface area contributed by atoms with Crippen molar-refractivity contribution in [3.05, 3.63) is 144 Å². The fourth-order valence-corrected chi connectivity index (χ4v) is 6.39. The summed E-state index contributed by atoms with van der Waals surface area (Å²) in [6, 6.07) is 29.4. The highest BCUT2D eigenvalue weighted by atomic mass is 35.5. The maximum atomic E-state index is 13.1. The summed E-state index contributed by atoms with van der Waals surface area (Å²) in [4.78, 5) is 16.4. The molecule has 8 heteroatoms. The summed E-state index contributed by atoms with van der Waals surface area (Å²) in [7, 11) is -4.07. The molecule has 0 radical (unpaired) electrons. The van der Waals surface area contributed by atoms with Gasteiger partial charge in [-0.1, -0.05) is 97.1 Å². The summed E-state index contributed by atoms with van der Waals surface area (Å²) >= 11 is 8.22. The van der Waals surface area contributed by atoms with Gasteiger partial charge in [0.2, 0.25) is 0 Å². The number of carbonyl (C=O) groups excluding carboxylic acids is 1. The zero-order valence-corrected chi connectivity index (χ0v) is 25.8. The number of carbonyl (C=O) groups is 1. The third-order valence-corrected chi connectivity index (χ3v) is 9.24. The van der Waals surface area contributed by atoms with Crippen molar-refractivity contribution in [2.75, 3.05) is 18.8 Å². The Balaban J connectivity index is 1.45. The molecular formula is C34H33ClN2O3S2. The monoisotopic (exact) mass is 616 g/mol. The first-order valence-electron chi connectivity index (χ1n) is 13.5. The molecule has 0 aliphatic carbocycles. The van der Waals surface area contributed by atoms with Gasteiger partial charge in [-0.3, -0.25) is 9.69 Å². The number of halogens is 1. The normalized spacial score (nSPS) is 12.2. The Hall–Kier alpha value is -3.62. The lowest BCUT2D eigenvalue weighted by Crippen LogP contribution is -2.31. The molecule has 5 nitrogen and oxygen atoms in total. The highest BCUT2D eigenvalue weighted by Gasteiger charge is 2.20. The summed E-state index contributed by atoms with van der Waals surface area (Å²) in [6.07, 6.45) is 5.61. The van der Waals surface area contributed by atoms with Crippen molar-refractivity contribution >= 4 is 50.1 Å². The molecule has 0 aliphatic rings. The van der Waals surface area contributed by atoms with Crippen molar-refractivity contribution in [1.29, 1.82) is 0 Å². The molecule has 4 aromatic rings. The molecule has 42 heavy (non-hydrogen) atoms. The molecule has 216 valence electrons. The summed E-state index contributed by atoms with van der Waals surface area (Å²) in [6.45, 7) is 8.00. The quantitative estimate of drug-likeness (QED) is 0.123. The van der Waals surface area contributed by atoms with Gasteiger partial charge in [-0.05, 0) is 65.2 Å². The van der Waals surface area contributed by atoms with Gasteiger partial charge in [0.05, 0.1) is 4.90 Å². The van der Waals surface area contributed by atoms with E-state index in [9.17, 15) is 13.2 Å². The Bertz CT molecular complexity index is 1690. The molecule has 4 aromatic carbocycles. The Morgan fingerprint density at radius 1 is 0.952 bits per heavy atom. The number of nitrogens with one attached hydrogen (secondary N) is 1. The highest BCUT2D eigenvalue weighted by molar-refractivity contribution is 7.99. The van der Waals surface area contributed by atoms with Gasteiger partial charge in [-0.15, -0.1) is 11.8 Å². The van der Waals surface area contributed by atoms with Crippen LogP contribution < -0.4 is 4.72 Å². The third-order valence-electron chi connectivity index (χ3n) is 6.51. The molecule has 0 fully saturated rings. The number of hydrogen-bond acceptors (Lipinski definition) is 5. The number of sulfonamides is 1. The molecule has 0 unspecified atom stereocenters. The Morgan fingerprint density at radius 2 is 1.64 bits per heavy atom. The topological polar surface area (TPSA) is 66.5 Å². The first-order chi connectivity index (χ1) is 20.3. The van der Waals surface area contributed by atoms with E-state index in [1.165, 1.54) is 17.0 Å². The van der Waals surface area contributed by atoms with Gasteiger partial charge in [0.1, 0.15) is 0 Å². The van der Waals surface area contributed by atoms with E-state index >= 15 is 0 Å². The number of rotatable bonds is 13. The van der Waals surface area contributed by atoms with E-state index in [4.69, 9.17) is 11.6 Å². The maximum absolute atomic E-state index is 13.1. The van der Waals surface area contributed by atoms with E-state index in [0.717, 1.165) is 28.8 Å². The molecule has 1 amide bonds. The maximum Gasteiger partial charge on any atom is 0.265 e. The largest absolute Gasteiger partial charge is 0.294 e. The number of benzene rings is 4. The number of hydrogen-bond donors (Lipinski definition) is 1. The number of thioether (sulfide) groups is 1. The van der Waals surface area contributed by atoms with Crippen LogP contribution in [0.15, 0.2) is 142 Å². The van der Waals surface area contributed by atoms with E-state index in [1.54, 1.807) is 42.1 Å². The van der Waals surface area contributed by atoms with E-state index in [0.29, 0.717) is 29.1 Å². The van der Waals surface area contributed by atoms with Gasteiger partial charge >= 0.3 is 0 Å². The summed E-state index contributed by atoms with van der Waals surface area (Å²) in [5.74, 6) is 0.194. The summed E-state index contributed by atoms with van der Waals surface area (Å²) in [5.41, 5.74) is 2.04. The van der Waals surface area contributed by atoms with Crippen LogP contribution in [0, 0.1) is 0 Å². The summed E-state index contributed by atoms with van der Waals surface area (Å²) in [5, 5.41) is 2.15. The minimum atomic E-state index is -4.07. The molecule has 0 heterocycles. The molecule has 0 atom stereocenters. The smallest absolute Gasteiger partial charge is 0.265 e. The van der Waals surface area contributed by atoms with Gasteiger partial charge in [0.15, 0.2) is 0 Å². The standard InChI is InChI=1S/C34H33ClN2O3S2/c1-3-4-17-33(35)26(2)24-37(22-23-41-29-13-6-5-7-14-29)25-27-18-20-30(21-19-27)42(39,40)36-34(38)32-16-10-12-28-11-8-9-15-31(28)32/h3-21H,2,22-25H2,1H3,(H,36,38)/b4-3-,33-17+. The predicted octanol–water partition coefficient (Wildman–Crippen LogP) is 7.81. The number of nitrogens with zero attached hydrogens (tertiary/aromatic N) is 1. The number of fused-ring (bicyclic) bond motifs is 1. The van der Waals surface area contributed by atoms with E-state index in [-0.39, 0.29) is 4.90 Å². The van der Waals surface area contributed by atoms with Crippen molar-refractivity contribution in [2.24, 2.45) is 0 Å². The zero-order chi connectivity index (χ0) is 30.0. The van der Waals surface area contributed by atoms with Crippen LogP contribution in [-0.2, 0) is 16.6 Å². The second-order valence-corrected chi connectivity index (χ2v) is 12.9. The first kappa shape index (κ1) is 31.3. The fourth-order valence-electron chi connectivity index (χ4n) is 4.36. The van der Waals surface area contributed by atoms with Crippen LogP contribution in [0.2, 0.25) is 0 Å². The van der Waals surface area contributed by atoms with E-state index < -0.39 is 15.9 Å². The zero-order valence-electron chi connectivity index (χ0n) is 23.4. The van der Waals surface area contributed by atoms with E-state index in [1.807, 2.05) is 67.6 Å². The van der Waals surface area contributed by atoms with Crippen molar-refractivity contribution in [1.82, 2.24) is 9.62 Å². The van der Waals surface area contributed by atoms with Crippen LogP contribution in [0.5, 0.6) is 0 Å². The second kappa shape index (κ2) is 15.0. The van der Waals surface area contributed by atoms with Crippen LogP contribution >= 0.6 is 23.4 Å². The van der Waals surface area contributed by atoms with Crippen molar-refractivity contribution in [3.63, 3.8) is 0 Å². The van der Waals surface area contributed by atoms with Gasteiger partial charge < -0.3 is 0 Å². The molecule has 0 bridgehead atoms. The predicted molar refractivity (Wildman–Crippen MR) is 175 cm³/mol. The van der Waals surface area contributed by atoms with Gasteiger partial charge in [0, 0.05) is 40.9 Å². The van der Waals surface area contributed by atoms with Crippen LogP contribution in [0.3, 0.4) is 0 Å². The van der Waals surface area contributed by atoms with Crippen LogP contribution in [0.1, 0.15) is 22.8 Å². The lowest BCUT2D eigenvalue weighted by atomic mass is 10.0. The molecule has 0 saturated carbocycles. The lowest BCUT2D eigenvalue weighted by molar-refractivity contribution is 0.0983. The minimum absolute atomic E-state index is 0.0211. The SMILES string of the molecule is C=C(CN(CCSc1ccccc1)Cc1ccc(S(=O)(=O)NC(=O)c2cccc3ccccc23)cc1)/C(Cl)=C\C=C/C. The highest BCUT2D eigenvalue weighted by Crippen LogP contribution is 2.22. The van der Waals surface area contributed by atoms with Crippen molar-refractivity contribution in [3.8, 4) is 0 Å². The van der Waals surface area contributed by atoms with Crippen LogP contribution in [0.25, 0.3) is 10.8 Å². The van der Waals surface area contributed by atoms with Crippen LogP contribution in [-0.4, -0.2) is 38.1 Å². The Labute approximate surface area is 257 Å². The molecule has 0 aromatic heterocycles. The molecule has 0 aliphatic heterocycles. The second-order valence-electron chi connectivity index (χ2n) is 9.62. The minimum Gasteiger partial charge on any atom is -0.294 e. The Morgan fingerprint density at radius 3 is 2.38 bits per heavy atom. The lowest BCUT2D eigenvalue weighted by Gasteiger charge is -2.23. The first-order valence-corrected chi connectivity index (χ1v) is 16.3. The van der Waals surface area contributed by atoms with Crippen molar-refractivity contribution < 1.29 is 13.2 Å². The third kappa shape index (κ3) is 8.69. The Kier molecular flexibility index (Phi) is 11.2.